The summed E-state index contributed by atoms with van der Waals surface area (Å²) in [5, 5.41) is 2.89. The molecule has 3 heterocycles. The summed E-state index contributed by atoms with van der Waals surface area (Å²) >= 11 is 4.03. The van der Waals surface area contributed by atoms with Gasteiger partial charge in [-0.25, -0.2) is 0 Å². The quantitative estimate of drug-likeness (QED) is 0.843. The lowest BCUT2D eigenvalue weighted by Crippen LogP contribution is -2.38. The summed E-state index contributed by atoms with van der Waals surface area (Å²) in [7, 11) is 0. The van der Waals surface area contributed by atoms with Crippen molar-refractivity contribution in [2.75, 3.05) is 60.7 Å². The summed E-state index contributed by atoms with van der Waals surface area (Å²) < 4.78 is 6.95. The number of benzene rings is 1. The average molecular weight is 320 g/mol. The molecule has 4 rings (SSSR count). The zero-order chi connectivity index (χ0) is 14.1. The maximum absolute atomic E-state index is 5.54. The van der Waals surface area contributed by atoms with Crippen molar-refractivity contribution in [1.82, 2.24) is 0 Å². The molecule has 1 aromatic carbocycles. The Morgan fingerprint density at radius 2 is 1.67 bits per heavy atom. The second kappa shape index (κ2) is 6.07. The Bertz CT molecular complexity index is 616. The Hall–Kier alpha value is -0.910. The minimum Gasteiger partial charge on any atom is -0.378 e. The number of hydrogen-bond donors (Lipinski definition) is 0. The molecule has 3 nitrogen and oxygen atoms in total. The van der Waals surface area contributed by atoms with Crippen LogP contribution in [0.25, 0.3) is 10.1 Å². The van der Waals surface area contributed by atoms with Gasteiger partial charge in [0.05, 0.1) is 18.9 Å². The second-order valence-corrected chi connectivity index (χ2v) is 7.71. The van der Waals surface area contributed by atoms with Crippen LogP contribution in [0, 0.1) is 0 Å². The van der Waals surface area contributed by atoms with Gasteiger partial charge in [-0.3, -0.25) is 0 Å². The van der Waals surface area contributed by atoms with E-state index < -0.39 is 0 Å². The van der Waals surface area contributed by atoms with Crippen LogP contribution >= 0.6 is 23.1 Å². The van der Waals surface area contributed by atoms with Gasteiger partial charge in [0.2, 0.25) is 0 Å². The summed E-state index contributed by atoms with van der Waals surface area (Å²) in [6.07, 6.45) is 0. The topological polar surface area (TPSA) is 15.7 Å². The lowest BCUT2D eigenvalue weighted by atomic mass is 10.2. The Kier molecular flexibility index (Phi) is 3.97. The molecule has 112 valence electrons. The summed E-state index contributed by atoms with van der Waals surface area (Å²) in [6.45, 7) is 6.06. The van der Waals surface area contributed by atoms with Crippen molar-refractivity contribution in [3.63, 3.8) is 0 Å². The first-order valence-corrected chi connectivity index (χ1v) is 9.57. The van der Waals surface area contributed by atoms with Crippen molar-refractivity contribution in [1.29, 1.82) is 0 Å². The SMILES string of the molecule is c1ccc2c(N3CCOCC3)c(N3CCSCC3)sc2c1. The highest BCUT2D eigenvalue weighted by atomic mass is 32.2. The molecule has 21 heavy (non-hydrogen) atoms. The molecule has 0 bridgehead atoms. The van der Waals surface area contributed by atoms with Crippen LogP contribution < -0.4 is 9.80 Å². The van der Waals surface area contributed by atoms with Crippen molar-refractivity contribution in [2.24, 2.45) is 0 Å². The van der Waals surface area contributed by atoms with Crippen molar-refractivity contribution in [3.05, 3.63) is 24.3 Å². The minimum atomic E-state index is 0.847. The molecular formula is C16H20N2OS2. The van der Waals surface area contributed by atoms with Gasteiger partial charge < -0.3 is 14.5 Å². The van der Waals surface area contributed by atoms with Crippen molar-refractivity contribution in [2.45, 2.75) is 0 Å². The third kappa shape index (κ3) is 2.62. The van der Waals surface area contributed by atoms with Crippen LogP contribution in [0.1, 0.15) is 0 Å². The summed E-state index contributed by atoms with van der Waals surface area (Å²) in [6, 6.07) is 8.84. The maximum Gasteiger partial charge on any atom is 0.116 e. The van der Waals surface area contributed by atoms with Gasteiger partial charge in [0.1, 0.15) is 5.00 Å². The Morgan fingerprint density at radius 3 is 2.48 bits per heavy atom. The molecule has 2 saturated heterocycles. The van der Waals surface area contributed by atoms with Gasteiger partial charge >= 0.3 is 0 Å². The van der Waals surface area contributed by atoms with Crippen LogP contribution in [-0.2, 0) is 4.74 Å². The smallest absolute Gasteiger partial charge is 0.116 e. The highest BCUT2D eigenvalue weighted by Gasteiger charge is 2.24. The first kappa shape index (κ1) is 13.7. The maximum atomic E-state index is 5.54. The van der Waals surface area contributed by atoms with E-state index in [0.29, 0.717) is 0 Å². The molecular weight excluding hydrogens is 300 g/mol. The van der Waals surface area contributed by atoms with Crippen LogP contribution in [0.4, 0.5) is 10.7 Å². The van der Waals surface area contributed by atoms with Crippen molar-refractivity contribution >= 4 is 43.9 Å². The van der Waals surface area contributed by atoms with E-state index in [2.05, 4.69) is 45.8 Å². The highest BCUT2D eigenvalue weighted by Crippen LogP contribution is 2.45. The van der Waals surface area contributed by atoms with Crippen molar-refractivity contribution in [3.8, 4) is 0 Å². The lowest BCUT2D eigenvalue weighted by Gasteiger charge is -2.34. The standard InChI is InChI=1S/C16H20N2OS2/c1-2-4-14-13(3-1)15(17-5-9-19-10-6-17)16(21-14)18-7-11-20-12-8-18/h1-4H,5-12H2. The zero-order valence-electron chi connectivity index (χ0n) is 12.1. The fraction of sp³-hybridized carbons (Fsp3) is 0.500. The second-order valence-electron chi connectivity index (χ2n) is 5.45. The molecule has 0 amide bonds. The van der Waals surface area contributed by atoms with Gasteiger partial charge in [-0.1, -0.05) is 18.2 Å². The normalized spacial score (nSPS) is 20.2. The van der Waals surface area contributed by atoms with Gasteiger partial charge in [0.15, 0.2) is 0 Å². The predicted molar refractivity (Wildman–Crippen MR) is 94.4 cm³/mol. The molecule has 2 aromatic rings. The first-order chi connectivity index (χ1) is 10.4. The monoisotopic (exact) mass is 320 g/mol. The Labute approximate surface area is 133 Å². The van der Waals surface area contributed by atoms with E-state index in [4.69, 9.17) is 4.74 Å². The Balaban J connectivity index is 1.79. The molecule has 2 fully saturated rings. The minimum absolute atomic E-state index is 0.847. The third-order valence-electron chi connectivity index (χ3n) is 4.18. The van der Waals surface area contributed by atoms with Gasteiger partial charge in [0, 0.05) is 47.8 Å². The molecule has 0 radical (unpaired) electrons. The van der Waals surface area contributed by atoms with Gasteiger partial charge in [0.25, 0.3) is 0 Å². The van der Waals surface area contributed by atoms with E-state index >= 15 is 0 Å². The van der Waals surface area contributed by atoms with Crippen LogP contribution in [0.5, 0.6) is 0 Å². The number of ether oxygens (including phenoxy) is 1. The number of fused-ring (bicyclic) bond motifs is 1. The molecule has 2 aliphatic rings. The molecule has 2 aliphatic heterocycles. The van der Waals surface area contributed by atoms with Gasteiger partial charge in [-0.2, -0.15) is 11.8 Å². The zero-order valence-corrected chi connectivity index (χ0v) is 13.7. The third-order valence-corrected chi connectivity index (χ3v) is 6.34. The number of thiophene rings is 1. The van der Waals surface area contributed by atoms with E-state index in [9.17, 15) is 0 Å². The average Bonchev–Trinajstić information content (AvgIpc) is 2.96. The number of nitrogens with zero attached hydrogens (tertiary/aromatic N) is 2. The Morgan fingerprint density at radius 1 is 0.905 bits per heavy atom. The molecule has 0 spiro atoms. The number of anilines is 2. The summed E-state index contributed by atoms with van der Waals surface area (Å²) in [4.78, 5) is 5.12. The van der Waals surface area contributed by atoms with Gasteiger partial charge in [-0.05, 0) is 6.07 Å². The highest BCUT2D eigenvalue weighted by molar-refractivity contribution is 7.99. The van der Waals surface area contributed by atoms with E-state index in [0.717, 1.165) is 26.3 Å². The van der Waals surface area contributed by atoms with Crippen LogP contribution in [0.2, 0.25) is 0 Å². The lowest BCUT2D eigenvalue weighted by molar-refractivity contribution is 0.123. The molecule has 0 saturated carbocycles. The number of thioether (sulfide) groups is 1. The molecule has 5 heteroatoms. The molecule has 0 unspecified atom stereocenters. The fourth-order valence-corrected chi connectivity index (χ4v) is 5.27. The van der Waals surface area contributed by atoms with E-state index in [1.54, 1.807) is 0 Å². The number of morpholine rings is 1. The fourth-order valence-electron chi connectivity index (χ4n) is 3.09. The molecule has 1 aromatic heterocycles. The number of hydrogen-bond acceptors (Lipinski definition) is 5. The molecule has 0 N–H and O–H groups in total. The van der Waals surface area contributed by atoms with Crippen molar-refractivity contribution < 1.29 is 4.74 Å². The number of rotatable bonds is 2. The predicted octanol–water partition coefficient (Wildman–Crippen LogP) is 3.29. The van der Waals surface area contributed by atoms with Crippen LogP contribution in [-0.4, -0.2) is 50.9 Å². The van der Waals surface area contributed by atoms with E-state index in [1.807, 2.05) is 11.3 Å². The van der Waals surface area contributed by atoms with E-state index in [-0.39, 0.29) is 0 Å². The first-order valence-electron chi connectivity index (χ1n) is 7.60. The molecule has 0 atom stereocenters. The molecule has 0 aliphatic carbocycles. The van der Waals surface area contributed by atoms with Crippen LogP contribution in [0.15, 0.2) is 24.3 Å². The summed E-state index contributed by atoms with van der Waals surface area (Å²) in [5.74, 6) is 2.49. The summed E-state index contributed by atoms with van der Waals surface area (Å²) in [5.41, 5.74) is 1.45. The van der Waals surface area contributed by atoms with Crippen LogP contribution in [0.3, 0.4) is 0 Å². The van der Waals surface area contributed by atoms with Gasteiger partial charge in [-0.15, -0.1) is 11.3 Å². The largest absolute Gasteiger partial charge is 0.378 e. The van der Waals surface area contributed by atoms with E-state index in [1.165, 1.54) is 45.4 Å².